The van der Waals surface area contributed by atoms with Crippen LogP contribution in [0.25, 0.3) is 0 Å². The van der Waals surface area contributed by atoms with Crippen LogP contribution in [0, 0.1) is 5.92 Å². The molecular weight excluding hydrogens is 254 g/mol. The number of hydrazine groups is 1. The maximum atomic E-state index is 12.4. The number of carbonyl (C=O) groups is 1. The molecule has 1 aliphatic rings. The van der Waals surface area contributed by atoms with Crippen LogP contribution in [0.3, 0.4) is 0 Å². The highest BCUT2D eigenvalue weighted by Gasteiger charge is 2.23. The molecule has 0 bridgehead atoms. The van der Waals surface area contributed by atoms with Crippen molar-refractivity contribution in [2.24, 2.45) is 11.8 Å². The van der Waals surface area contributed by atoms with Crippen LogP contribution in [0.15, 0.2) is 18.3 Å². The minimum atomic E-state index is 0.0596. The molecule has 6 nitrogen and oxygen atoms in total. The Balaban J connectivity index is 1.90. The van der Waals surface area contributed by atoms with Crippen molar-refractivity contribution in [2.75, 3.05) is 39.2 Å². The van der Waals surface area contributed by atoms with Crippen molar-refractivity contribution in [3.63, 3.8) is 0 Å². The molecule has 1 amide bonds. The van der Waals surface area contributed by atoms with Gasteiger partial charge in [0.15, 0.2) is 0 Å². The van der Waals surface area contributed by atoms with E-state index in [1.165, 1.54) is 0 Å². The topological polar surface area (TPSA) is 74.5 Å². The number of rotatable bonds is 4. The van der Waals surface area contributed by atoms with Crippen LogP contribution in [-0.2, 0) is 0 Å². The third-order valence-electron chi connectivity index (χ3n) is 3.68. The molecule has 0 aromatic carbocycles. The molecule has 1 aromatic rings. The van der Waals surface area contributed by atoms with Crippen LogP contribution < -0.4 is 11.3 Å². The first-order chi connectivity index (χ1) is 9.60. The number of hydrogen-bond donors (Lipinski definition) is 2. The van der Waals surface area contributed by atoms with E-state index in [1.54, 1.807) is 18.3 Å². The fourth-order valence-electron chi connectivity index (χ4n) is 2.62. The lowest BCUT2D eigenvalue weighted by Crippen LogP contribution is -2.40. The SMILES string of the molecule is CN(C)CC1CCN(C(=O)c2ccc(NN)nc2)CC1. The minimum absolute atomic E-state index is 0.0596. The van der Waals surface area contributed by atoms with Gasteiger partial charge in [-0.15, -0.1) is 0 Å². The maximum absolute atomic E-state index is 12.4. The summed E-state index contributed by atoms with van der Waals surface area (Å²) in [5.41, 5.74) is 3.08. The Kier molecular flexibility index (Phi) is 4.92. The van der Waals surface area contributed by atoms with Gasteiger partial charge < -0.3 is 15.2 Å². The number of carbonyl (C=O) groups excluding carboxylic acids is 1. The molecule has 0 spiro atoms. The predicted octanol–water partition coefficient (Wildman–Crippen LogP) is 0.781. The van der Waals surface area contributed by atoms with Crippen molar-refractivity contribution in [1.29, 1.82) is 0 Å². The number of anilines is 1. The lowest BCUT2D eigenvalue weighted by Gasteiger charge is -2.33. The summed E-state index contributed by atoms with van der Waals surface area (Å²) in [6.07, 6.45) is 3.71. The Hall–Kier alpha value is -1.66. The number of pyridine rings is 1. The molecule has 0 saturated carbocycles. The quantitative estimate of drug-likeness (QED) is 0.628. The summed E-state index contributed by atoms with van der Waals surface area (Å²) >= 11 is 0. The average Bonchev–Trinajstić information content (AvgIpc) is 2.47. The molecule has 1 aliphatic heterocycles. The molecule has 2 rings (SSSR count). The smallest absolute Gasteiger partial charge is 0.255 e. The van der Waals surface area contributed by atoms with Crippen molar-refractivity contribution >= 4 is 11.7 Å². The van der Waals surface area contributed by atoms with E-state index >= 15 is 0 Å². The molecule has 2 heterocycles. The molecule has 3 N–H and O–H groups in total. The van der Waals surface area contributed by atoms with Gasteiger partial charge in [0.25, 0.3) is 5.91 Å². The van der Waals surface area contributed by atoms with Gasteiger partial charge in [-0.2, -0.15) is 0 Å². The Morgan fingerprint density at radius 2 is 2.15 bits per heavy atom. The Morgan fingerprint density at radius 3 is 2.65 bits per heavy atom. The van der Waals surface area contributed by atoms with Gasteiger partial charge in [0.2, 0.25) is 0 Å². The number of nitrogens with one attached hydrogen (secondary N) is 1. The van der Waals surface area contributed by atoms with Crippen LogP contribution in [0.5, 0.6) is 0 Å². The summed E-state index contributed by atoms with van der Waals surface area (Å²) in [6, 6.07) is 3.47. The van der Waals surface area contributed by atoms with Gasteiger partial charge in [-0.05, 0) is 45.0 Å². The first kappa shape index (κ1) is 14.7. The average molecular weight is 277 g/mol. The second kappa shape index (κ2) is 6.67. The van der Waals surface area contributed by atoms with E-state index in [4.69, 9.17) is 5.84 Å². The van der Waals surface area contributed by atoms with Crippen LogP contribution in [0.1, 0.15) is 23.2 Å². The first-order valence-electron chi connectivity index (χ1n) is 6.97. The van der Waals surface area contributed by atoms with Crippen molar-refractivity contribution in [2.45, 2.75) is 12.8 Å². The molecule has 6 heteroatoms. The fourth-order valence-corrected chi connectivity index (χ4v) is 2.62. The zero-order valence-corrected chi connectivity index (χ0v) is 12.2. The van der Waals surface area contributed by atoms with Crippen LogP contribution >= 0.6 is 0 Å². The Bertz CT molecular complexity index is 437. The second-order valence-corrected chi connectivity index (χ2v) is 5.57. The van der Waals surface area contributed by atoms with E-state index in [0.29, 0.717) is 17.3 Å². The van der Waals surface area contributed by atoms with Crippen molar-refractivity contribution in [1.82, 2.24) is 14.8 Å². The number of piperidine rings is 1. The summed E-state index contributed by atoms with van der Waals surface area (Å²) < 4.78 is 0. The molecule has 0 radical (unpaired) electrons. The van der Waals surface area contributed by atoms with Gasteiger partial charge in [-0.25, -0.2) is 10.8 Å². The summed E-state index contributed by atoms with van der Waals surface area (Å²) in [7, 11) is 4.19. The van der Waals surface area contributed by atoms with Crippen molar-refractivity contribution in [3.05, 3.63) is 23.9 Å². The van der Waals surface area contributed by atoms with Crippen LogP contribution in [0.4, 0.5) is 5.82 Å². The monoisotopic (exact) mass is 277 g/mol. The van der Waals surface area contributed by atoms with Crippen LogP contribution in [0.2, 0.25) is 0 Å². The molecule has 110 valence electrons. The summed E-state index contributed by atoms with van der Waals surface area (Å²) in [5.74, 6) is 6.57. The van der Waals surface area contributed by atoms with Gasteiger partial charge in [0.1, 0.15) is 5.82 Å². The molecule has 1 aromatic heterocycles. The number of likely N-dealkylation sites (tertiary alicyclic amines) is 1. The van der Waals surface area contributed by atoms with E-state index < -0.39 is 0 Å². The molecule has 0 aliphatic carbocycles. The van der Waals surface area contributed by atoms with Gasteiger partial charge in [0.05, 0.1) is 5.56 Å². The largest absolute Gasteiger partial charge is 0.339 e. The lowest BCUT2D eigenvalue weighted by atomic mass is 9.96. The molecular formula is C14H23N5O. The first-order valence-corrected chi connectivity index (χ1v) is 6.97. The number of hydrogen-bond acceptors (Lipinski definition) is 5. The van der Waals surface area contributed by atoms with Gasteiger partial charge in [-0.1, -0.05) is 0 Å². The summed E-state index contributed by atoms with van der Waals surface area (Å²) in [6.45, 7) is 2.75. The number of aromatic nitrogens is 1. The van der Waals surface area contributed by atoms with E-state index in [1.807, 2.05) is 4.90 Å². The number of nitrogens with two attached hydrogens (primary N) is 1. The van der Waals surface area contributed by atoms with Crippen molar-refractivity contribution < 1.29 is 4.79 Å². The molecule has 1 saturated heterocycles. The highest BCUT2D eigenvalue weighted by atomic mass is 16.2. The van der Waals surface area contributed by atoms with Gasteiger partial charge in [0, 0.05) is 25.8 Å². The Morgan fingerprint density at radius 1 is 1.45 bits per heavy atom. The van der Waals surface area contributed by atoms with E-state index in [-0.39, 0.29) is 5.91 Å². The predicted molar refractivity (Wildman–Crippen MR) is 79.2 cm³/mol. The minimum Gasteiger partial charge on any atom is -0.339 e. The van der Waals surface area contributed by atoms with Crippen LogP contribution in [-0.4, -0.2) is 54.4 Å². The summed E-state index contributed by atoms with van der Waals surface area (Å²) in [4.78, 5) is 20.6. The molecule has 0 atom stereocenters. The Labute approximate surface area is 119 Å². The standard InChI is InChI=1S/C14H23N5O/c1-18(2)10-11-5-7-19(8-6-11)14(20)12-3-4-13(17-15)16-9-12/h3-4,9,11H,5-8,10,15H2,1-2H3,(H,16,17). The number of nitrogens with zero attached hydrogens (tertiary/aromatic N) is 3. The van der Waals surface area contributed by atoms with Crippen molar-refractivity contribution in [3.8, 4) is 0 Å². The normalized spacial score (nSPS) is 16.5. The van der Waals surface area contributed by atoms with E-state index in [9.17, 15) is 4.79 Å². The third-order valence-corrected chi connectivity index (χ3v) is 3.68. The lowest BCUT2D eigenvalue weighted by molar-refractivity contribution is 0.0677. The molecule has 0 unspecified atom stereocenters. The maximum Gasteiger partial charge on any atom is 0.255 e. The zero-order valence-electron chi connectivity index (χ0n) is 12.2. The zero-order chi connectivity index (χ0) is 14.5. The molecule has 20 heavy (non-hydrogen) atoms. The van der Waals surface area contributed by atoms with E-state index in [2.05, 4.69) is 29.4 Å². The third kappa shape index (κ3) is 3.68. The number of nitrogen functional groups attached to an aromatic ring is 1. The van der Waals surface area contributed by atoms with Gasteiger partial charge >= 0.3 is 0 Å². The highest BCUT2D eigenvalue weighted by Crippen LogP contribution is 2.19. The van der Waals surface area contributed by atoms with E-state index in [0.717, 1.165) is 32.5 Å². The molecule has 1 fully saturated rings. The second-order valence-electron chi connectivity index (χ2n) is 5.57. The van der Waals surface area contributed by atoms with Gasteiger partial charge in [-0.3, -0.25) is 4.79 Å². The number of amides is 1. The highest BCUT2D eigenvalue weighted by molar-refractivity contribution is 5.94. The fraction of sp³-hybridized carbons (Fsp3) is 0.571. The summed E-state index contributed by atoms with van der Waals surface area (Å²) in [5, 5.41) is 0.